The summed E-state index contributed by atoms with van der Waals surface area (Å²) in [5.41, 5.74) is 3.21. The van der Waals surface area contributed by atoms with E-state index in [0.29, 0.717) is 0 Å². The second-order valence-electron chi connectivity index (χ2n) is 4.95. The Morgan fingerprint density at radius 2 is 2.00 bits per heavy atom. The van der Waals surface area contributed by atoms with Gasteiger partial charge in [-0.3, -0.25) is 9.88 Å². The van der Waals surface area contributed by atoms with Crippen LogP contribution in [0.1, 0.15) is 16.7 Å². The van der Waals surface area contributed by atoms with Crippen LogP contribution in [0.25, 0.3) is 6.08 Å². The van der Waals surface area contributed by atoms with E-state index in [1.54, 1.807) is 12.3 Å². The molecule has 1 aromatic heterocycles. The molecular formula is C17H18N2O2. The minimum atomic E-state index is -0.936. The highest BCUT2D eigenvalue weighted by atomic mass is 16.4. The number of rotatable bonds is 6. The second-order valence-corrected chi connectivity index (χ2v) is 4.95. The Bertz CT molecular complexity index is 624. The van der Waals surface area contributed by atoms with E-state index in [2.05, 4.69) is 16.0 Å². The van der Waals surface area contributed by atoms with Gasteiger partial charge in [-0.2, -0.15) is 0 Å². The average molecular weight is 282 g/mol. The predicted octanol–water partition coefficient (Wildman–Crippen LogP) is 2.81. The minimum absolute atomic E-state index is 0.795. The molecule has 0 bridgehead atoms. The number of nitrogens with zero attached hydrogens (tertiary/aromatic N) is 2. The summed E-state index contributed by atoms with van der Waals surface area (Å²) in [6.07, 6.45) is 6.38. The summed E-state index contributed by atoms with van der Waals surface area (Å²) >= 11 is 0. The topological polar surface area (TPSA) is 53.4 Å². The van der Waals surface area contributed by atoms with Crippen molar-refractivity contribution in [3.8, 4) is 0 Å². The van der Waals surface area contributed by atoms with Crippen LogP contribution in [-0.2, 0) is 17.9 Å². The van der Waals surface area contributed by atoms with Crippen LogP contribution in [0.15, 0.2) is 54.9 Å². The van der Waals surface area contributed by atoms with Crippen LogP contribution in [0.5, 0.6) is 0 Å². The summed E-state index contributed by atoms with van der Waals surface area (Å²) < 4.78 is 0. The monoisotopic (exact) mass is 282 g/mol. The summed E-state index contributed by atoms with van der Waals surface area (Å²) in [7, 11) is 2.05. The Morgan fingerprint density at radius 1 is 1.24 bits per heavy atom. The lowest BCUT2D eigenvalue weighted by molar-refractivity contribution is -0.131. The third kappa shape index (κ3) is 5.20. The van der Waals surface area contributed by atoms with Crippen LogP contribution in [0.2, 0.25) is 0 Å². The maximum Gasteiger partial charge on any atom is 0.328 e. The molecular weight excluding hydrogens is 264 g/mol. The molecule has 0 atom stereocenters. The number of pyridine rings is 1. The maximum atomic E-state index is 10.5. The fourth-order valence-electron chi connectivity index (χ4n) is 2.13. The van der Waals surface area contributed by atoms with Crippen LogP contribution in [0.4, 0.5) is 0 Å². The standard InChI is InChI=1S/C17H18N2O2/c1-19(13-16-6-3-9-18-11-16)12-15-5-2-4-14(10-15)7-8-17(20)21/h2-11H,12-13H2,1H3,(H,20,21). The largest absolute Gasteiger partial charge is 0.478 e. The Hall–Kier alpha value is -2.46. The first-order chi connectivity index (χ1) is 10.1. The summed E-state index contributed by atoms with van der Waals surface area (Å²) in [5.74, 6) is -0.936. The first-order valence-corrected chi connectivity index (χ1v) is 6.71. The molecule has 0 saturated heterocycles. The Balaban J connectivity index is 1.99. The third-order valence-electron chi connectivity index (χ3n) is 3.00. The van der Waals surface area contributed by atoms with Gasteiger partial charge in [0, 0.05) is 31.6 Å². The zero-order valence-corrected chi connectivity index (χ0v) is 11.9. The normalized spacial score (nSPS) is 11.1. The SMILES string of the molecule is CN(Cc1cccnc1)Cc1cccc(C=CC(=O)O)c1. The lowest BCUT2D eigenvalue weighted by atomic mass is 10.1. The molecule has 1 heterocycles. The van der Waals surface area contributed by atoms with Gasteiger partial charge in [0.15, 0.2) is 0 Å². The second kappa shape index (κ2) is 7.36. The van der Waals surface area contributed by atoms with E-state index in [0.717, 1.165) is 30.3 Å². The molecule has 0 radical (unpaired) electrons. The molecule has 0 aliphatic rings. The van der Waals surface area contributed by atoms with Gasteiger partial charge >= 0.3 is 5.97 Å². The van der Waals surface area contributed by atoms with Gasteiger partial charge in [0.25, 0.3) is 0 Å². The first-order valence-electron chi connectivity index (χ1n) is 6.71. The first kappa shape index (κ1) is 14.9. The van der Waals surface area contributed by atoms with E-state index >= 15 is 0 Å². The molecule has 0 saturated carbocycles. The molecule has 0 spiro atoms. The van der Waals surface area contributed by atoms with Gasteiger partial charge in [-0.15, -0.1) is 0 Å². The van der Waals surface area contributed by atoms with Crippen molar-refractivity contribution in [3.05, 3.63) is 71.6 Å². The van der Waals surface area contributed by atoms with Gasteiger partial charge < -0.3 is 5.11 Å². The van der Waals surface area contributed by atoms with Gasteiger partial charge in [0.05, 0.1) is 0 Å². The van der Waals surface area contributed by atoms with Crippen molar-refractivity contribution in [1.82, 2.24) is 9.88 Å². The molecule has 4 nitrogen and oxygen atoms in total. The molecule has 1 N–H and O–H groups in total. The lowest BCUT2D eigenvalue weighted by Gasteiger charge is -2.16. The van der Waals surface area contributed by atoms with Gasteiger partial charge in [-0.25, -0.2) is 4.79 Å². The summed E-state index contributed by atoms with van der Waals surface area (Å²) in [6.45, 7) is 1.62. The van der Waals surface area contributed by atoms with Crippen molar-refractivity contribution >= 4 is 12.0 Å². The number of carboxylic acid groups (broad SMARTS) is 1. The number of hydrogen-bond acceptors (Lipinski definition) is 3. The predicted molar refractivity (Wildman–Crippen MR) is 82.5 cm³/mol. The van der Waals surface area contributed by atoms with E-state index in [1.807, 2.05) is 43.6 Å². The fourth-order valence-corrected chi connectivity index (χ4v) is 2.13. The molecule has 0 aliphatic heterocycles. The van der Waals surface area contributed by atoms with Crippen molar-refractivity contribution in [2.45, 2.75) is 13.1 Å². The highest BCUT2D eigenvalue weighted by molar-refractivity contribution is 5.85. The minimum Gasteiger partial charge on any atom is -0.478 e. The number of hydrogen-bond donors (Lipinski definition) is 1. The molecule has 0 amide bonds. The maximum absolute atomic E-state index is 10.5. The third-order valence-corrected chi connectivity index (χ3v) is 3.00. The van der Waals surface area contributed by atoms with Crippen LogP contribution in [0, 0.1) is 0 Å². The summed E-state index contributed by atoms with van der Waals surface area (Å²) in [4.78, 5) is 16.8. The van der Waals surface area contributed by atoms with Crippen LogP contribution >= 0.6 is 0 Å². The van der Waals surface area contributed by atoms with Crippen molar-refractivity contribution in [2.75, 3.05) is 7.05 Å². The van der Waals surface area contributed by atoms with Crippen LogP contribution < -0.4 is 0 Å². The lowest BCUT2D eigenvalue weighted by Crippen LogP contribution is -2.17. The highest BCUT2D eigenvalue weighted by Crippen LogP contribution is 2.11. The number of carboxylic acids is 1. The molecule has 0 unspecified atom stereocenters. The van der Waals surface area contributed by atoms with E-state index in [-0.39, 0.29) is 0 Å². The van der Waals surface area contributed by atoms with Gasteiger partial charge in [-0.1, -0.05) is 30.3 Å². The van der Waals surface area contributed by atoms with E-state index in [9.17, 15) is 4.79 Å². The molecule has 0 aliphatic carbocycles. The fraction of sp³-hybridized carbons (Fsp3) is 0.176. The smallest absolute Gasteiger partial charge is 0.328 e. The van der Waals surface area contributed by atoms with E-state index in [1.165, 1.54) is 5.56 Å². The number of benzene rings is 1. The number of aliphatic carboxylic acids is 1. The molecule has 2 aromatic rings. The van der Waals surface area contributed by atoms with Crippen molar-refractivity contribution in [1.29, 1.82) is 0 Å². The van der Waals surface area contributed by atoms with Gasteiger partial charge in [0.1, 0.15) is 0 Å². The van der Waals surface area contributed by atoms with E-state index in [4.69, 9.17) is 5.11 Å². The zero-order valence-electron chi connectivity index (χ0n) is 11.9. The molecule has 0 fully saturated rings. The Labute approximate surface area is 124 Å². The highest BCUT2D eigenvalue weighted by Gasteiger charge is 2.02. The Kier molecular flexibility index (Phi) is 5.23. The van der Waals surface area contributed by atoms with Gasteiger partial charge in [-0.05, 0) is 35.9 Å². The molecule has 4 heteroatoms. The molecule has 21 heavy (non-hydrogen) atoms. The van der Waals surface area contributed by atoms with E-state index < -0.39 is 5.97 Å². The number of aromatic nitrogens is 1. The molecule has 2 rings (SSSR count). The average Bonchev–Trinajstić information content (AvgIpc) is 2.46. The number of carbonyl (C=O) groups is 1. The van der Waals surface area contributed by atoms with Crippen molar-refractivity contribution in [2.24, 2.45) is 0 Å². The quantitative estimate of drug-likeness (QED) is 0.828. The van der Waals surface area contributed by atoms with Crippen LogP contribution in [0.3, 0.4) is 0 Å². The summed E-state index contributed by atoms with van der Waals surface area (Å²) in [5, 5.41) is 8.65. The zero-order chi connectivity index (χ0) is 15.1. The van der Waals surface area contributed by atoms with Gasteiger partial charge in [0.2, 0.25) is 0 Å². The molecule has 108 valence electrons. The summed E-state index contributed by atoms with van der Waals surface area (Å²) in [6, 6.07) is 11.9. The van der Waals surface area contributed by atoms with Crippen molar-refractivity contribution in [3.63, 3.8) is 0 Å². The molecule has 1 aromatic carbocycles. The van der Waals surface area contributed by atoms with Crippen LogP contribution in [-0.4, -0.2) is 28.0 Å². The van der Waals surface area contributed by atoms with Crippen molar-refractivity contribution < 1.29 is 9.90 Å². The Morgan fingerprint density at radius 3 is 2.71 bits per heavy atom.